The van der Waals surface area contributed by atoms with Gasteiger partial charge in [0.05, 0.1) is 11.8 Å². The predicted octanol–water partition coefficient (Wildman–Crippen LogP) is 2.59. The highest BCUT2D eigenvalue weighted by Crippen LogP contribution is 2.24. The second kappa shape index (κ2) is 5.09. The number of benzene rings is 1. The summed E-state index contributed by atoms with van der Waals surface area (Å²) in [5.41, 5.74) is 2.53. The van der Waals surface area contributed by atoms with Gasteiger partial charge in [0.1, 0.15) is 11.6 Å². The number of aromatic nitrogens is 2. The van der Waals surface area contributed by atoms with Crippen LogP contribution in [-0.4, -0.2) is 14.9 Å². The van der Waals surface area contributed by atoms with Gasteiger partial charge in [-0.3, -0.25) is 4.68 Å². The summed E-state index contributed by atoms with van der Waals surface area (Å²) in [6, 6.07) is 3.09. The van der Waals surface area contributed by atoms with Crippen LogP contribution in [0.4, 0.5) is 8.78 Å². The fraction of sp³-hybridized carbons (Fsp3) is 0.357. The Morgan fingerprint density at radius 2 is 2.00 bits per heavy atom. The molecule has 0 radical (unpaired) electrons. The van der Waals surface area contributed by atoms with E-state index >= 15 is 0 Å². The zero-order valence-corrected chi connectivity index (χ0v) is 11.1. The van der Waals surface area contributed by atoms with E-state index in [1.807, 2.05) is 13.8 Å². The molecule has 5 heteroatoms. The number of rotatable bonds is 3. The average molecular weight is 266 g/mol. The van der Waals surface area contributed by atoms with Crippen molar-refractivity contribution in [2.45, 2.75) is 26.4 Å². The number of halogens is 2. The van der Waals surface area contributed by atoms with Crippen LogP contribution >= 0.6 is 0 Å². The van der Waals surface area contributed by atoms with E-state index in [9.17, 15) is 13.9 Å². The fourth-order valence-electron chi connectivity index (χ4n) is 2.19. The zero-order valence-electron chi connectivity index (χ0n) is 11.1. The molecule has 0 amide bonds. The molecular weight excluding hydrogens is 250 g/mol. The lowest BCUT2D eigenvalue weighted by molar-refractivity contribution is 0.172. The summed E-state index contributed by atoms with van der Waals surface area (Å²) in [4.78, 5) is 0. The molecule has 19 heavy (non-hydrogen) atoms. The van der Waals surface area contributed by atoms with E-state index in [0.717, 1.165) is 35.2 Å². The molecule has 0 spiro atoms. The van der Waals surface area contributed by atoms with Crippen molar-refractivity contribution in [3.63, 3.8) is 0 Å². The highest BCUT2D eigenvalue weighted by molar-refractivity contribution is 5.28. The summed E-state index contributed by atoms with van der Waals surface area (Å²) >= 11 is 0. The van der Waals surface area contributed by atoms with E-state index in [2.05, 4.69) is 5.10 Å². The maximum Gasteiger partial charge on any atom is 0.129 e. The molecule has 0 saturated carbocycles. The molecule has 2 rings (SSSR count). The number of hydrogen-bond donors (Lipinski definition) is 1. The van der Waals surface area contributed by atoms with E-state index < -0.39 is 17.7 Å². The minimum absolute atomic E-state index is 0.0253. The van der Waals surface area contributed by atoms with Gasteiger partial charge in [0.2, 0.25) is 0 Å². The number of aliphatic hydroxyl groups excluding tert-OH is 1. The third kappa shape index (κ3) is 2.66. The van der Waals surface area contributed by atoms with Gasteiger partial charge in [0.25, 0.3) is 0 Å². The number of hydrogen-bond acceptors (Lipinski definition) is 2. The molecule has 0 saturated heterocycles. The number of aryl methyl sites for hydroxylation is 2. The Morgan fingerprint density at radius 1 is 1.32 bits per heavy atom. The molecule has 1 N–H and O–H groups in total. The van der Waals surface area contributed by atoms with E-state index in [-0.39, 0.29) is 12.0 Å². The standard InChI is InChI=1S/C14H16F2N2O/c1-8-11(9(2)18(3)17-8)7-14(19)12-6-10(15)4-5-13(12)16/h4-6,14,19H,7H2,1-3H3. The van der Waals surface area contributed by atoms with Crippen LogP contribution in [0.25, 0.3) is 0 Å². The first kappa shape index (κ1) is 13.7. The van der Waals surface area contributed by atoms with E-state index in [1.54, 1.807) is 11.7 Å². The van der Waals surface area contributed by atoms with Gasteiger partial charge in [-0.15, -0.1) is 0 Å². The van der Waals surface area contributed by atoms with Crippen molar-refractivity contribution in [1.82, 2.24) is 9.78 Å². The third-order valence-electron chi connectivity index (χ3n) is 3.37. The van der Waals surface area contributed by atoms with Crippen molar-refractivity contribution >= 4 is 0 Å². The van der Waals surface area contributed by atoms with Gasteiger partial charge in [-0.05, 0) is 37.6 Å². The molecule has 102 valence electrons. The van der Waals surface area contributed by atoms with Crippen LogP contribution in [0.1, 0.15) is 28.6 Å². The molecule has 1 unspecified atom stereocenters. The first-order valence-electron chi connectivity index (χ1n) is 6.02. The second-order valence-corrected chi connectivity index (χ2v) is 4.66. The highest BCUT2D eigenvalue weighted by Gasteiger charge is 2.18. The van der Waals surface area contributed by atoms with Crippen LogP contribution in [0, 0.1) is 25.5 Å². The normalized spacial score (nSPS) is 12.7. The monoisotopic (exact) mass is 266 g/mol. The van der Waals surface area contributed by atoms with Gasteiger partial charge in [0, 0.05) is 24.7 Å². The third-order valence-corrected chi connectivity index (χ3v) is 3.37. The van der Waals surface area contributed by atoms with Crippen molar-refractivity contribution in [3.05, 3.63) is 52.3 Å². The molecule has 0 aliphatic rings. The van der Waals surface area contributed by atoms with E-state index in [1.165, 1.54) is 0 Å². The lowest BCUT2D eigenvalue weighted by Crippen LogP contribution is -2.06. The smallest absolute Gasteiger partial charge is 0.129 e. The Labute approximate surface area is 110 Å². The van der Waals surface area contributed by atoms with Crippen molar-refractivity contribution < 1.29 is 13.9 Å². The largest absolute Gasteiger partial charge is 0.388 e. The Morgan fingerprint density at radius 3 is 2.58 bits per heavy atom. The Kier molecular flexibility index (Phi) is 3.66. The van der Waals surface area contributed by atoms with Gasteiger partial charge < -0.3 is 5.11 Å². The van der Waals surface area contributed by atoms with Gasteiger partial charge >= 0.3 is 0 Å². The van der Waals surface area contributed by atoms with E-state index in [0.29, 0.717) is 0 Å². The molecule has 0 bridgehead atoms. The molecule has 1 heterocycles. The number of nitrogens with zero attached hydrogens (tertiary/aromatic N) is 2. The quantitative estimate of drug-likeness (QED) is 0.927. The predicted molar refractivity (Wildman–Crippen MR) is 67.7 cm³/mol. The molecule has 1 aromatic heterocycles. The minimum Gasteiger partial charge on any atom is -0.388 e. The zero-order chi connectivity index (χ0) is 14.2. The van der Waals surface area contributed by atoms with E-state index in [4.69, 9.17) is 0 Å². The van der Waals surface area contributed by atoms with Gasteiger partial charge in [-0.1, -0.05) is 0 Å². The summed E-state index contributed by atoms with van der Waals surface area (Å²) in [7, 11) is 1.81. The van der Waals surface area contributed by atoms with Gasteiger partial charge in [0.15, 0.2) is 0 Å². The highest BCUT2D eigenvalue weighted by atomic mass is 19.1. The maximum atomic E-state index is 13.6. The Balaban J connectivity index is 2.30. The number of aliphatic hydroxyl groups is 1. The van der Waals surface area contributed by atoms with Crippen molar-refractivity contribution in [1.29, 1.82) is 0 Å². The maximum absolute atomic E-state index is 13.6. The lowest BCUT2D eigenvalue weighted by atomic mass is 9.99. The van der Waals surface area contributed by atoms with Gasteiger partial charge in [-0.25, -0.2) is 8.78 Å². The second-order valence-electron chi connectivity index (χ2n) is 4.66. The molecule has 0 aliphatic heterocycles. The Hall–Kier alpha value is -1.75. The summed E-state index contributed by atoms with van der Waals surface area (Å²) in [6.07, 6.45) is -0.872. The lowest BCUT2D eigenvalue weighted by Gasteiger charge is -2.12. The van der Waals surface area contributed by atoms with Crippen LogP contribution in [0.2, 0.25) is 0 Å². The molecule has 2 aromatic rings. The Bertz CT molecular complexity index is 608. The van der Waals surface area contributed by atoms with Crippen molar-refractivity contribution in [3.8, 4) is 0 Å². The first-order chi connectivity index (χ1) is 8.90. The SMILES string of the molecule is Cc1nn(C)c(C)c1CC(O)c1cc(F)ccc1F. The molecule has 3 nitrogen and oxygen atoms in total. The summed E-state index contributed by atoms with van der Waals surface area (Å²) < 4.78 is 28.4. The van der Waals surface area contributed by atoms with Crippen LogP contribution < -0.4 is 0 Å². The summed E-state index contributed by atoms with van der Waals surface area (Å²) in [5.74, 6) is -1.16. The first-order valence-corrected chi connectivity index (χ1v) is 6.02. The topological polar surface area (TPSA) is 38.0 Å². The van der Waals surface area contributed by atoms with Crippen LogP contribution in [0.3, 0.4) is 0 Å². The van der Waals surface area contributed by atoms with Crippen molar-refractivity contribution in [2.24, 2.45) is 7.05 Å². The molecule has 0 fully saturated rings. The molecule has 0 aliphatic carbocycles. The van der Waals surface area contributed by atoms with Crippen LogP contribution in [0.15, 0.2) is 18.2 Å². The van der Waals surface area contributed by atoms with Gasteiger partial charge in [-0.2, -0.15) is 5.10 Å². The molecule has 1 aromatic carbocycles. The summed E-state index contributed by atoms with van der Waals surface area (Å²) in [6.45, 7) is 3.71. The average Bonchev–Trinajstić information content (AvgIpc) is 2.59. The van der Waals surface area contributed by atoms with Crippen LogP contribution in [-0.2, 0) is 13.5 Å². The fourth-order valence-corrected chi connectivity index (χ4v) is 2.19. The van der Waals surface area contributed by atoms with Crippen molar-refractivity contribution in [2.75, 3.05) is 0 Å². The molecular formula is C14H16F2N2O. The molecule has 1 atom stereocenters. The minimum atomic E-state index is -1.09. The summed E-state index contributed by atoms with van der Waals surface area (Å²) in [5, 5.41) is 14.3. The van der Waals surface area contributed by atoms with Crippen LogP contribution in [0.5, 0.6) is 0 Å².